The van der Waals surface area contributed by atoms with E-state index in [2.05, 4.69) is 35.0 Å². The Morgan fingerprint density at radius 3 is 1.38 bits per heavy atom. The predicted octanol–water partition coefficient (Wildman–Crippen LogP) is 2.31. The van der Waals surface area contributed by atoms with Crippen LogP contribution in [0.1, 0.15) is 58.5 Å². The molecule has 27 heteroatoms. The summed E-state index contributed by atoms with van der Waals surface area (Å²) < 4.78 is 102. The summed E-state index contributed by atoms with van der Waals surface area (Å²) in [6, 6.07) is 11.3. The van der Waals surface area contributed by atoms with Gasteiger partial charge in [0, 0.05) is 31.4 Å². The van der Waals surface area contributed by atoms with Gasteiger partial charge in [-0.05, 0) is 78.1 Å². The summed E-state index contributed by atoms with van der Waals surface area (Å²) in [4.78, 5) is 14.4. The van der Waals surface area contributed by atoms with Gasteiger partial charge in [0.05, 0.1) is 5.21 Å². The van der Waals surface area contributed by atoms with Crippen molar-refractivity contribution in [2.24, 2.45) is 0 Å². The van der Waals surface area contributed by atoms with Gasteiger partial charge in [0.25, 0.3) is 0 Å². The maximum atomic E-state index is 12.0. The van der Waals surface area contributed by atoms with Crippen LogP contribution in [0.15, 0.2) is 42.6 Å². The Hall–Kier alpha value is -3.37. The SMILES string of the molecule is C.CN(C)C(N1CCCCC1)n1n[n+]([O-])c2ccccc21.CN(C)C(N1CCCCC1)n1n[n+]([O-])c2ncccc21.FP(F)(F)(F)F.FP(F)(F)(F)F.[F-].[F-]. The molecule has 5 heterocycles. The maximum absolute atomic E-state index is 12.0. The van der Waals surface area contributed by atoms with Crippen molar-refractivity contribution in [1.29, 1.82) is 0 Å². The second-order valence-electron chi connectivity index (χ2n) is 12.3. The van der Waals surface area contributed by atoms with E-state index in [4.69, 9.17) is 0 Å². The van der Waals surface area contributed by atoms with Crippen molar-refractivity contribution < 1.29 is 61.1 Å². The molecule has 6 rings (SSSR count). The number of likely N-dealkylation sites (tertiary alicyclic amines) is 2. The van der Waals surface area contributed by atoms with Crippen LogP contribution < -0.4 is 19.1 Å². The Bertz CT molecular complexity index is 1580. The Morgan fingerprint density at radius 2 is 0.964 bits per heavy atom. The van der Waals surface area contributed by atoms with Gasteiger partial charge < -0.3 is 19.8 Å². The number of nitrogens with zero attached hydrogens (tertiary/aromatic N) is 11. The number of halogens is 12. The molecular formula is C28H45F12N11O2P2-2. The van der Waals surface area contributed by atoms with Crippen LogP contribution in [-0.4, -0.2) is 98.7 Å². The van der Waals surface area contributed by atoms with E-state index >= 15 is 0 Å². The summed E-state index contributed by atoms with van der Waals surface area (Å²) in [6.45, 7) is 4.17. The van der Waals surface area contributed by atoms with Crippen molar-refractivity contribution in [3.63, 3.8) is 0 Å². The van der Waals surface area contributed by atoms with Gasteiger partial charge in [-0.1, -0.05) is 37.1 Å². The molecule has 0 saturated carbocycles. The molecule has 2 atom stereocenters. The smallest absolute Gasteiger partial charge is 1.00 e. The average Bonchev–Trinajstić information content (AvgIpc) is 3.52. The molecule has 2 aliphatic heterocycles. The number of para-hydroxylation sites is 2. The maximum Gasteiger partial charge on any atom is -1.00 e. The van der Waals surface area contributed by atoms with E-state index in [1.54, 1.807) is 10.9 Å². The molecule has 0 aliphatic carbocycles. The largest absolute Gasteiger partial charge is 1.00 e. The van der Waals surface area contributed by atoms with Crippen molar-refractivity contribution in [2.75, 3.05) is 54.4 Å². The van der Waals surface area contributed by atoms with Crippen LogP contribution in [-0.2, 0) is 0 Å². The van der Waals surface area contributed by atoms with E-state index in [0.29, 0.717) is 16.0 Å². The fourth-order valence-corrected chi connectivity index (χ4v) is 5.94. The number of benzene rings is 1. The Labute approximate surface area is 310 Å². The van der Waals surface area contributed by atoms with Crippen LogP contribution in [0.4, 0.5) is 42.0 Å². The van der Waals surface area contributed by atoms with Crippen molar-refractivity contribution in [2.45, 2.75) is 58.5 Å². The van der Waals surface area contributed by atoms with Gasteiger partial charge in [0.15, 0.2) is 0 Å². The molecule has 0 radical (unpaired) electrons. The molecular weight excluding hydrogens is 812 g/mol. The standard InChI is InChI=1S/C14H21N5O.C13H20N6O.CH4.2F5P.2FH/c1-16(2)14(17-10-6-3-7-11-17)18-12-8-4-5-9-13(12)19(20)15-18;1-16(2)13(17-9-4-3-5-10-17)18-11-7-6-8-14-12(11)19(20)15-18;;2*1-6(2,3,4)5;;/h4-5,8-9,14H,3,6-7,10-11H2,1-2H3;6-8,13H,3-5,9-10H2,1-2H3;1H4;;;2*1H/p-2. The van der Waals surface area contributed by atoms with E-state index in [1.807, 2.05) is 69.3 Å². The van der Waals surface area contributed by atoms with E-state index in [9.17, 15) is 52.4 Å². The molecule has 55 heavy (non-hydrogen) atoms. The molecule has 0 bridgehead atoms. The molecule has 2 saturated heterocycles. The first-order valence-corrected chi connectivity index (χ1v) is 19.2. The topological polar surface area (TPSA) is 115 Å². The second-order valence-corrected chi connectivity index (χ2v) is 14.9. The summed E-state index contributed by atoms with van der Waals surface area (Å²) in [5, 5.41) is 32.2. The van der Waals surface area contributed by atoms with Crippen molar-refractivity contribution in [3.8, 4) is 0 Å². The number of hydrogen-bond donors (Lipinski definition) is 0. The molecule has 4 aromatic rings. The summed E-state index contributed by atoms with van der Waals surface area (Å²) in [6.07, 6.45) is 8.94. The van der Waals surface area contributed by atoms with Crippen LogP contribution in [0.5, 0.6) is 0 Å². The monoisotopic (exact) mass is 857 g/mol. The van der Waals surface area contributed by atoms with Crippen LogP contribution in [0.2, 0.25) is 0 Å². The normalized spacial score (nSPS) is 17.8. The molecule has 3 aromatic heterocycles. The van der Waals surface area contributed by atoms with Gasteiger partial charge >= 0.3 is 63.9 Å². The van der Waals surface area contributed by atoms with Crippen LogP contribution in [0, 0.1) is 10.4 Å². The fraction of sp³-hybridized carbons (Fsp3) is 0.607. The van der Waals surface area contributed by atoms with Crippen molar-refractivity contribution in [1.82, 2.24) is 44.4 Å². The molecule has 13 nitrogen and oxygen atoms in total. The predicted molar refractivity (Wildman–Crippen MR) is 183 cm³/mol. The van der Waals surface area contributed by atoms with Crippen LogP contribution in [0.3, 0.4) is 0 Å². The molecule has 0 amide bonds. The summed E-state index contributed by atoms with van der Waals surface area (Å²) in [5.41, 5.74) is 2.64. The molecule has 0 spiro atoms. The third kappa shape index (κ3) is 17.5. The average molecular weight is 858 g/mol. The third-order valence-electron chi connectivity index (χ3n) is 7.68. The van der Waals surface area contributed by atoms with Gasteiger partial charge in [0.1, 0.15) is 6.20 Å². The summed E-state index contributed by atoms with van der Waals surface area (Å²) >= 11 is 0. The number of piperidine rings is 2. The third-order valence-corrected chi connectivity index (χ3v) is 7.68. The van der Waals surface area contributed by atoms with Crippen LogP contribution >= 0.6 is 16.3 Å². The first-order valence-electron chi connectivity index (χ1n) is 15.9. The van der Waals surface area contributed by atoms with E-state index in [-0.39, 0.29) is 29.4 Å². The Kier molecular flexibility index (Phi) is 18.9. The van der Waals surface area contributed by atoms with E-state index in [0.717, 1.165) is 42.1 Å². The molecule has 2 aliphatic rings. The van der Waals surface area contributed by atoms with Gasteiger partial charge in [-0.15, -0.1) is 19.4 Å². The van der Waals surface area contributed by atoms with Crippen LogP contribution in [0.25, 0.3) is 22.2 Å². The first-order chi connectivity index (χ1) is 23.8. The number of fused-ring (bicyclic) bond motifs is 2. The zero-order chi connectivity index (χ0) is 39.1. The molecule has 2 unspecified atom stereocenters. The summed E-state index contributed by atoms with van der Waals surface area (Å²) in [7, 11) is -9.01. The van der Waals surface area contributed by atoms with Gasteiger partial charge in [-0.2, -0.15) is 0 Å². The number of rotatable bonds is 6. The number of aromatic nitrogens is 7. The summed E-state index contributed by atoms with van der Waals surface area (Å²) in [5.74, 6) is 0. The van der Waals surface area contributed by atoms with E-state index < -0.39 is 16.3 Å². The van der Waals surface area contributed by atoms with Gasteiger partial charge in [-0.25, -0.2) is 4.90 Å². The molecule has 320 valence electrons. The zero-order valence-electron chi connectivity index (χ0n) is 29.4. The minimum Gasteiger partial charge on any atom is -1.00 e. The minimum atomic E-state index is -8.55. The molecule has 1 aromatic carbocycles. The number of hydrogen-bond acceptors (Lipinski definition) is 9. The van der Waals surface area contributed by atoms with Gasteiger partial charge in [-0.3, -0.25) is 14.7 Å². The fourth-order valence-electron chi connectivity index (χ4n) is 5.94. The Morgan fingerprint density at radius 1 is 0.600 bits per heavy atom. The zero-order valence-corrected chi connectivity index (χ0v) is 31.2. The molecule has 2 fully saturated rings. The number of pyridine rings is 1. The van der Waals surface area contributed by atoms with E-state index in [1.165, 1.54) is 38.5 Å². The second kappa shape index (κ2) is 20.2. The molecule has 0 N–H and O–H groups in total. The quantitative estimate of drug-likeness (QED) is 0.125. The van der Waals surface area contributed by atoms with Crippen molar-refractivity contribution in [3.05, 3.63) is 53.0 Å². The van der Waals surface area contributed by atoms with Crippen molar-refractivity contribution >= 4 is 38.5 Å². The Balaban J connectivity index is 0.000000789. The minimum absolute atomic E-state index is 0. The van der Waals surface area contributed by atoms with Gasteiger partial charge in [0.2, 0.25) is 29.1 Å². The first kappa shape index (κ1) is 51.6.